The number of pyridine rings is 1. The molecule has 7 aromatic rings. The number of nitrogens with zero attached hydrogens (tertiary/aromatic N) is 6. The van der Waals surface area contributed by atoms with Crippen LogP contribution in [0, 0.1) is 12.8 Å². The van der Waals surface area contributed by atoms with Crippen LogP contribution in [-0.2, 0) is 34.4 Å². The van der Waals surface area contributed by atoms with Crippen molar-refractivity contribution in [3.63, 3.8) is 0 Å². The smallest absolute Gasteiger partial charge is 0.355 e. The molecule has 0 radical (unpaired) electrons. The molecule has 3 aliphatic rings. The third-order valence-electron chi connectivity index (χ3n) is 14.4. The third kappa shape index (κ3) is 10.3. The number of methoxy groups -OCH3 is 1. The van der Waals surface area contributed by atoms with E-state index in [4.69, 9.17) is 14.5 Å². The second-order valence-corrected chi connectivity index (χ2v) is 20.3. The van der Waals surface area contributed by atoms with Crippen LogP contribution in [0.1, 0.15) is 94.6 Å². The number of hydrogen-bond acceptors (Lipinski definition) is 13. The molecule has 1 unspecified atom stereocenters. The Morgan fingerprint density at radius 2 is 1.73 bits per heavy atom. The first-order valence-electron chi connectivity index (χ1n) is 24.7. The average molecular weight is 1000 g/mol. The standard InChI is InChI=1S/C55H57N9O8S/c1-31-28-35(72-32(2)12-13-33-22-25-63(26-23-33)30-47(66)56-43-19-16-39-48(40-18-21-46(65)59-53(40)68)61-62(3)50(39)51(43)71-4)14-15-36(31)37-17-20-45(58-49(37)54(69)70)64-27-24-34-8-7-9-38(41(34)29-64)52(67)60-55-57-42-10-5-6-11-44(42)73-55/h5-11,14-17,19-20,28,32-33,40H,12-13,18,21-27,29-30H2,1-4H3,(H,56,66)(H,69,70)(H,57,60,67)(H,59,65,68)/t32-,40?/m0/s1. The molecule has 0 saturated carbocycles. The maximum atomic E-state index is 13.6. The summed E-state index contributed by atoms with van der Waals surface area (Å²) in [5.74, 6) is -0.527. The van der Waals surface area contributed by atoms with Gasteiger partial charge in [-0.15, -0.1) is 0 Å². The number of anilines is 3. The van der Waals surface area contributed by atoms with E-state index < -0.39 is 11.9 Å². The van der Waals surface area contributed by atoms with Gasteiger partial charge < -0.3 is 24.8 Å². The molecule has 0 aliphatic carbocycles. The summed E-state index contributed by atoms with van der Waals surface area (Å²) < 4.78 is 14.8. The zero-order valence-corrected chi connectivity index (χ0v) is 42.0. The van der Waals surface area contributed by atoms with Crippen molar-refractivity contribution in [1.82, 2.24) is 30.0 Å². The van der Waals surface area contributed by atoms with Gasteiger partial charge in [0.25, 0.3) is 5.91 Å². The summed E-state index contributed by atoms with van der Waals surface area (Å²) >= 11 is 1.43. The van der Waals surface area contributed by atoms with Crippen LogP contribution in [0.3, 0.4) is 0 Å². The zero-order chi connectivity index (χ0) is 50.9. The number of aryl methyl sites for hydroxylation is 2. The van der Waals surface area contributed by atoms with Crippen molar-refractivity contribution in [2.45, 2.75) is 77.4 Å². The topological polar surface area (TPSA) is 210 Å². The molecule has 2 saturated heterocycles. The fraction of sp³-hybridized carbons (Fsp3) is 0.345. The minimum atomic E-state index is -1.13. The fourth-order valence-electron chi connectivity index (χ4n) is 10.6. The number of ether oxygens (including phenoxy) is 2. The first kappa shape index (κ1) is 48.9. The van der Waals surface area contributed by atoms with Gasteiger partial charge in [-0.2, -0.15) is 5.10 Å². The molecule has 0 spiro atoms. The van der Waals surface area contributed by atoms with Gasteiger partial charge in [-0.25, -0.2) is 14.8 Å². The minimum Gasteiger partial charge on any atom is -0.492 e. The number of nitrogens with one attached hydrogen (secondary N) is 3. The van der Waals surface area contributed by atoms with Gasteiger partial charge in [0.2, 0.25) is 17.7 Å². The van der Waals surface area contributed by atoms with Gasteiger partial charge in [-0.1, -0.05) is 41.7 Å². The minimum absolute atomic E-state index is 0.0479. The molecule has 73 heavy (non-hydrogen) atoms. The largest absolute Gasteiger partial charge is 0.492 e. The monoisotopic (exact) mass is 1000 g/mol. The van der Waals surface area contributed by atoms with Crippen molar-refractivity contribution in [2.24, 2.45) is 13.0 Å². The van der Waals surface area contributed by atoms with Gasteiger partial charge >= 0.3 is 5.97 Å². The van der Waals surface area contributed by atoms with Gasteiger partial charge in [-0.05, 0) is 148 Å². The molecule has 2 atom stereocenters. The summed E-state index contributed by atoms with van der Waals surface area (Å²) in [5.41, 5.74) is 7.16. The summed E-state index contributed by atoms with van der Waals surface area (Å²) in [6.07, 6.45) is 5.03. The normalized spacial score (nSPS) is 16.8. The van der Waals surface area contributed by atoms with Crippen LogP contribution in [0.2, 0.25) is 0 Å². The van der Waals surface area contributed by atoms with Crippen molar-refractivity contribution in [1.29, 1.82) is 0 Å². The lowest BCUT2D eigenvalue weighted by atomic mass is 9.91. The molecule has 18 heteroatoms. The Labute approximate surface area is 425 Å². The van der Waals surface area contributed by atoms with Gasteiger partial charge in [0.15, 0.2) is 16.6 Å². The number of rotatable bonds is 15. The number of aromatic carboxylic acids is 1. The predicted molar refractivity (Wildman–Crippen MR) is 280 cm³/mol. The highest BCUT2D eigenvalue weighted by Gasteiger charge is 2.33. The van der Waals surface area contributed by atoms with Crippen LogP contribution in [0.4, 0.5) is 16.6 Å². The number of carboxylic acids is 1. The van der Waals surface area contributed by atoms with Gasteiger partial charge in [-0.3, -0.25) is 39.4 Å². The van der Waals surface area contributed by atoms with E-state index in [1.54, 1.807) is 17.8 Å². The highest BCUT2D eigenvalue weighted by molar-refractivity contribution is 7.22. The number of fused-ring (bicyclic) bond motifs is 3. The highest BCUT2D eigenvalue weighted by atomic mass is 32.1. The number of piperidine rings is 2. The van der Waals surface area contributed by atoms with E-state index in [2.05, 4.69) is 37.9 Å². The van der Waals surface area contributed by atoms with E-state index in [1.165, 1.54) is 18.4 Å². The third-order valence-corrected chi connectivity index (χ3v) is 15.3. The molecular weight excluding hydrogens is 947 g/mol. The van der Waals surface area contributed by atoms with Gasteiger partial charge in [0.1, 0.15) is 17.1 Å². The molecule has 0 bridgehead atoms. The van der Waals surface area contributed by atoms with E-state index in [9.17, 15) is 29.1 Å². The first-order valence-corrected chi connectivity index (χ1v) is 25.6. The molecule has 2 fully saturated rings. The molecule has 376 valence electrons. The molecule has 17 nitrogen and oxygen atoms in total. The van der Waals surface area contributed by atoms with Crippen LogP contribution < -0.4 is 30.3 Å². The fourth-order valence-corrected chi connectivity index (χ4v) is 11.4. The molecule has 3 aromatic heterocycles. The molecule has 10 rings (SSSR count). The number of carbonyl (C=O) groups is 5. The van der Waals surface area contributed by atoms with Crippen LogP contribution in [-0.4, -0.2) is 98.7 Å². The highest BCUT2D eigenvalue weighted by Crippen LogP contribution is 2.39. The lowest BCUT2D eigenvalue weighted by Gasteiger charge is -2.32. The second-order valence-electron chi connectivity index (χ2n) is 19.2. The van der Waals surface area contributed by atoms with Crippen molar-refractivity contribution in [3.8, 4) is 22.6 Å². The predicted octanol–water partition coefficient (Wildman–Crippen LogP) is 8.49. The Bertz CT molecular complexity index is 3270. The number of imide groups is 1. The zero-order valence-electron chi connectivity index (χ0n) is 41.2. The molecule has 6 heterocycles. The summed E-state index contributed by atoms with van der Waals surface area (Å²) in [4.78, 5) is 77.6. The molecule has 4 amide bonds. The Kier molecular flexibility index (Phi) is 13.9. The summed E-state index contributed by atoms with van der Waals surface area (Å²) in [6, 6.07) is 26.5. The van der Waals surface area contributed by atoms with Crippen LogP contribution in [0.5, 0.6) is 11.5 Å². The molecule has 4 aromatic carbocycles. The van der Waals surface area contributed by atoms with E-state index in [0.29, 0.717) is 82.3 Å². The number of hydrogen-bond donors (Lipinski definition) is 4. The number of para-hydroxylation sites is 1. The number of thiazole rings is 1. The lowest BCUT2D eigenvalue weighted by molar-refractivity contribution is -0.134. The number of likely N-dealkylation sites (tertiary alicyclic amines) is 1. The molecular formula is C55H57N9O8S. The SMILES string of the molecule is COc1c(NC(=O)CN2CCC(CC[C@H](C)Oc3ccc(-c4ccc(N5CCc6cccc(C(=O)Nc7nc8ccccc8s7)c6C5)nc4C(=O)O)c(C)c3)CC2)ccc2c(C3CCC(=O)NC3=O)nn(C)c12. The molecule has 3 aliphatic heterocycles. The van der Waals surface area contributed by atoms with Crippen molar-refractivity contribution >= 4 is 78.7 Å². The van der Waals surface area contributed by atoms with Gasteiger partial charge in [0.05, 0.1) is 47.3 Å². The quantitative estimate of drug-likeness (QED) is 0.0711. The number of carbonyl (C=O) groups excluding carboxylic acids is 4. The van der Waals surface area contributed by atoms with Crippen molar-refractivity contribution < 1.29 is 38.6 Å². The first-order chi connectivity index (χ1) is 35.3. The van der Waals surface area contributed by atoms with Crippen LogP contribution >= 0.6 is 11.3 Å². The number of amides is 4. The van der Waals surface area contributed by atoms with Gasteiger partial charge in [0, 0.05) is 43.1 Å². The summed E-state index contributed by atoms with van der Waals surface area (Å²) in [5, 5.41) is 24.8. The lowest BCUT2D eigenvalue weighted by Crippen LogP contribution is -2.39. The summed E-state index contributed by atoms with van der Waals surface area (Å²) in [6.45, 7) is 6.87. The maximum absolute atomic E-state index is 13.6. The summed E-state index contributed by atoms with van der Waals surface area (Å²) in [7, 11) is 3.31. The number of benzene rings is 4. The van der Waals surface area contributed by atoms with Crippen LogP contribution in [0.25, 0.3) is 32.2 Å². The Morgan fingerprint density at radius 1 is 0.918 bits per heavy atom. The Balaban J connectivity index is 0.711. The van der Waals surface area contributed by atoms with E-state index in [1.807, 2.05) is 90.7 Å². The van der Waals surface area contributed by atoms with E-state index >= 15 is 0 Å². The Morgan fingerprint density at radius 3 is 2.49 bits per heavy atom. The number of carboxylic acid groups (broad SMARTS) is 1. The number of aromatic nitrogens is 4. The van der Waals surface area contributed by atoms with Crippen molar-refractivity contribution in [2.75, 3.05) is 48.8 Å². The van der Waals surface area contributed by atoms with Crippen molar-refractivity contribution in [3.05, 3.63) is 119 Å². The second kappa shape index (κ2) is 20.8. The Hall–Kier alpha value is -7.70. The average Bonchev–Trinajstić information content (AvgIpc) is 3.95. The van der Waals surface area contributed by atoms with E-state index in [0.717, 1.165) is 76.6 Å². The van der Waals surface area contributed by atoms with E-state index in [-0.39, 0.29) is 48.4 Å². The van der Waals surface area contributed by atoms with Crippen LogP contribution in [0.15, 0.2) is 84.9 Å². The maximum Gasteiger partial charge on any atom is 0.355 e. The molecule has 4 N–H and O–H groups in total.